The molecule has 0 saturated carbocycles. The lowest BCUT2D eigenvalue weighted by molar-refractivity contribution is -0.142. The van der Waals surface area contributed by atoms with E-state index in [1.54, 1.807) is 42.5 Å². The molecule has 5 rings (SSSR count). The Bertz CT molecular complexity index is 2470. The molecule has 26 nitrogen and oxygen atoms in total. The first-order chi connectivity index (χ1) is 35.7. The Hall–Kier alpha value is -7.46. The molecule has 1 spiro atoms. The molecule has 0 unspecified atom stereocenters. The van der Waals surface area contributed by atoms with Crippen LogP contribution in [0.3, 0.4) is 0 Å². The van der Waals surface area contributed by atoms with Crippen molar-refractivity contribution in [2.45, 2.75) is 112 Å². The Balaban J connectivity index is 1.48. The van der Waals surface area contributed by atoms with Crippen LogP contribution in [0.4, 0.5) is 0 Å². The smallest absolute Gasteiger partial charge is 0.247 e. The number of carbonyl (C=O) groups is 11. The number of aliphatic imine (C=N–C) groups is 1. The highest BCUT2D eigenvalue weighted by molar-refractivity contribution is 8.76. The summed E-state index contributed by atoms with van der Waals surface area (Å²) in [6.07, 6.45) is -1.04. The van der Waals surface area contributed by atoms with E-state index in [1.165, 1.54) is 4.90 Å². The van der Waals surface area contributed by atoms with Gasteiger partial charge in [-0.2, -0.15) is 0 Å². The number of carbonyl (C=O) groups excluding carboxylic acids is 11. The van der Waals surface area contributed by atoms with Crippen LogP contribution in [0, 0.1) is 0 Å². The minimum Gasteiger partial charge on any atom is -0.370 e. The molecule has 0 radical (unpaired) electrons. The quantitative estimate of drug-likeness (QED) is 0.0305. The molecule has 2 aromatic carbocycles. The minimum absolute atomic E-state index is 0.0105. The van der Waals surface area contributed by atoms with Crippen molar-refractivity contribution in [3.63, 3.8) is 0 Å². The van der Waals surface area contributed by atoms with Gasteiger partial charge in [0.1, 0.15) is 41.8 Å². The summed E-state index contributed by atoms with van der Waals surface area (Å²) in [5, 5.41) is 18.2. The summed E-state index contributed by atoms with van der Waals surface area (Å²) in [7, 11) is 2.07. The van der Waals surface area contributed by atoms with Gasteiger partial charge in [0, 0.05) is 50.3 Å². The van der Waals surface area contributed by atoms with E-state index < -0.39 is 139 Å². The SMILES string of the molecule is NC(=O)CC[C@@H]1NC(=O)[C@H](Cc2ccccc2)NC(=O)C2(Cc3ccccc3C2)NC(=O)[C@@H](N)CSSC[C@@H](C(=O)N2CCC[C@H]2C(=O)N[C@H](CCCN=C(N)N)C(=O)NCC(N)=O)NC(=O)[C@H](CC(N)=O)NC1=O. The number of primary amides is 3. The second-order valence-corrected chi connectivity index (χ2v) is 20.9. The van der Waals surface area contributed by atoms with Gasteiger partial charge in [-0.05, 0) is 48.8 Å². The Kier molecular flexibility index (Phi) is 21.6. The summed E-state index contributed by atoms with van der Waals surface area (Å²) >= 11 is 0. The van der Waals surface area contributed by atoms with Crippen molar-refractivity contribution >= 4 is 92.5 Å². The monoisotopic (exact) mass is 1080 g/mol. The molecule has 3 aliphatic rings. The first-order valence-corrected chi connectivity index (χ1v) is 26.6. The molecule has 2 saturated heterocycles. The van der Waals surface area contributed by atoms with E-state index in [2.05, 4.69) is 42.2 Å². The zero-order chi connectivity index (χ0) is 54.8. The molecular weight excluding hydrogens is 1010 g/mol. The molecule has 19 N–H and O–H groups in total. The third kappa shape index (κ3) is 17.3. The lowest BCUT2D eigenvalue weighted by Gasteiger charge is -2.33. The Morgan fingerprint density at radius 2 is 1.37 bits per heavy atom. The van der Waals surface area contributed by atoms with Gasteiger partial charge >= 0.3 is 0 Å². The van der Waals surface area contributed by atoms with Gasteiger partial charge in [0.15, 0.2) is 5.96 Å². The van der Waals surface area contributed by atoms with Crippen molar-refractivity contribution in [2.24, 2.45) is 39.4 Å². The van der Waals surface area contributed by atoms with Crippen LogP contribution in [0.1, 0.15) is 61.6 Å². The van der Waals surface area contributed by atoms with Crippen molar-refractivity contribution in [1.82, 2.24) is 42.1 Å². The molecule has 0 bridgehead atoms. The summed E-state index contributed by atoms with van der Waals surface area (Å²) in [4.78, 5) is 155. The number of amides is 11. The molecule has 2 heterocycles. The number of nitrogens with zero attached hydrogens (tertiary/aromatic N) is 2. The summed E-state index contributed by atoms with van der Waals surface area (Å²) in [6.45, 7) is -0.412. The van der Waals surface area contributed by atoms with E-state index >= 15 is 0 Å². The highest BCUT2D eigenvalue weighted by Gasteiger charge is 2.47. The van der Waals surface area contributed by atoms with E-state index in [0.29, 0.717) is 12.0 Å². The fraction of sp³-hybridized carbons (Fsp3) is 0.489. The maximum absolute atomic E-state index is 14.7. The molecule has 2 aliphatic heterocycles. The first-order valence-electron chi connectivity index (χ1n) is 24.1. The second-order valence-electron chi connectivity index (χ2n) is 18.3. The number of rotatable bonds is 17. The summed E-state index contributed by atoms with van der Waals surface area (Å²) < 4.78 is 0. The number of benzene rings is 2. The van der Waals surface area contributed by atoms with Gasteiger partial charge in [-0.1, -0.05) is 76.2 Å². The van der Waals surface area contributed by atoms with Crippen LogP contribution in [-0.4, -0.2) is 155 Å². The standard InChI is InChI=1S/C47H65N15O11S2/c48-28-23-74-75-24-33(44(72)62-17-7-13-34(62)43(71)57-29(12-6-16-54-46(52)53)39(67)55-22-37(51)65)59-42(70)32(19-36(50)64)58-40(68)30(14-15-35(49)63)56-41(69)31(18-25-8-2-1-3-9-25)60-45(73)47(61-38(28)66)20-26-10-4-5-11-27(26)21-47/h1-5,8-11,28-34H,6-7,12-24,48H2,(H2,49,63)(H2,50,64)(H2,51,65)(H,55,67)(H,56,69)(H,57,71)(H,58,68)(H,59,70)(H,60,73)(H,61,66)(H4,52,53,54)/t28-,29+,30-,31-,32-,33-,34-/m0/s1. The summed E-state index contributed by atoms with van der Waals surface area (Å²) in [5.74, 6) is -10.0. The Labute approximate surface area is 439 Å². The zero-order valence-corrected chi connectivity index (χ0v) is 42.6. The van der Waals surface area contributed by atoms with E-state index in [0.717, 1.165) is 32.7 Å². The van der Waals surface area contributed by atoms with Gasteiger partial charge in [0.05, 0.1) is 19.0 Å². The fourth-order valence-electron chi connectivity index (χ4n) is 8.72. The molecule has 2 fully saturated rings. The van der Waals surface area contributed by atoms with Crippen LogP contribution in [0.2, 0.25) is 0 Å². The van der Waals surface area contributed by atoms with Gasteiger partial charge < -0.3 is 76.5 Å². The lowest BCUT2D eigenvalue weighted by Crippen LogP contribution is -2.65. The van der Waals surface area contributed by atoms with Gasteiger partial charge in [0.25, 0.3) is 0 Å². The van der Waals surface area contributed by atoms with Crippen molar-refractivity contribution in [3.05, 3.63) is 71.3 Å². The molecule has 0 aromatic heterocycles. The molecular formula is C47H65N15O11S2. The van der Waals surface area contributed by atoms with Gasteiger partial charge in [0.2, 0.25) is 65.0 Å². The topological polar surface area (TPSA) is 444 Å². The summed E-state index contributed by atoms with van der Waals surface area (Å²) in [5.41, 5.74) is 34.0. The molecule has 11 amide bonds. The lowest BCUT2D eigenvalue weighted by atomic mass is 9.92. The molecule has 2 aromatic rings. The van der Waals surface area contributed by atoms with Crippen LogP contribution in [-0.2, 0) is 72.0 Å². The fourth-order valence-corrected chi connectivity index (χ4v) is 11.0. The third-order valence-electron chi connectivity index (χ3n) is 12.5. The van der Waals surface area contributed by atoms with Gasteiger partial charge in [-0.25, -0.2) is 0 Å². The number of nitrogens with two attached hydrogens (primary N) is 6. The maximum Gasteiger partial charge on any atom is 0.247 e. The van der Waals surface area contributed by atoms with E-state index in [4.69, 9.17) is 34.4 Å². The van der Waals surface area contributed by atoms with Crippen molar-refractivity contribution in [2.75, 3.05) is 31.1 Å². The normalized spacial score (nSPS) is 22.9. The highest BCUT2D eigenvalue weighted by atomic mass is 33.1. The number of hydrogen-bond donors (Lipinski definition) is 13. The highest BCUT2D eigenvalue weighted by Crippen LogP contribution is 2.32. The predicted octanol–water partition coefficient (Wildman–Crippen LogP) is -5.18. The molecule has 1 aliphatic carbocycles. The Morgan fingerprint density at radius 1 is 0.747 bits per heavy atom. The van der Waals surface area contributed by atoms with Gasteiger partial charge in [-0.3, -0.25) is 57.7 Å². The van der Waals surface area contributed by atoms with E-state index in [-0.39, 0.29) is 69.1 Å². The van der Waals surface area contributed by atoms with Crippen LogP contribution in [0.25, 0.3) is 0 Å². The Morgan fingerprint density at radius 3 is 2.01 bits per heavy atom. The second kappa shape index (κ2) is 27.7. The summed E-state index contributed by atoms with van der Waals surface area (Å²) in [6, 6.07) is 5.87. The predicted molar refractivity (Wildman–Crippen MR) is 277 cm³/mol. The number of fused-ring (bicyclic) bond motifs is 1. The van der Waals surface area contributed by atoms with E-state index in [9.17, 15) is 52.7 Å². The third-order valence-corrected chi connectivity index (χ3v) is 15.0. The number of likely N-dealkylation sites (tertiary alicyclic amines) is 1. The maximum atomic E-state index is 14.7. The van der Waals surface area contributed by atoms with Gasteiger partial charge in [-0.15, -0.1) is 0 Å². The molecule has 7 atom stereocenters. The average Bonchev–Trinajstić information content (AvgIpc) is 4.01. The van der Waals surface area contributed by atoms with Crippen LogP contribution in [0.5, 0.6) is 0 Å². The largest absolute Gasteiger partial charge is 0.370 e. The van der Waals surface area contributed by atoms with E-state index in [1.807, 2.05) is 12.1 Å². The number of nitrogens with one attached hydrogen (secondary N) is 7. The molecule has 75 heavy (non-hydrogen) atoms. The zero-order valence-electron chi connectivity index (χ0n) is 41.0. The average molecular weight is 1080 g/mol. The first kappa shape index (κ1) is 58.4. The molecule has 406 valence electrons. The van der Waals surface area contributed by atoms with Crippen LogP contribution >= 0.6 is 21.6 Å². The van der Waals surface area contributed by atoms with Crippen molar-refractivity contribution in [3.8, 4) is 0 Å². The number of guanidine groups is 1. The van der Waals surface area contributed by atoms with Crippen LogP contribution in [0.15, 0.2) is 59.6 Å². The van der Waals surface area contributed by atoms with Crippen molar-refractivity contribution < 1.29 is 52.7 Å². The van der Waals surface area contributed by atoms with Crippen LogP contribution < -0.4 is 71.6 Å². The molecule has 28 heteroatoms. The minimum atomic E-state index is -1.78. The van der Waals surface area contributed by atoms with Crippen molar-refractivity contribution in [1.29, 1.82) is 0 Å². The number of hydrogen-bond acceptors (Lipinski definition) is 15.